The van der Waals surface area contributed by atoms with Crippen LogP contribution in [0, 0.1) is 0 Å². The van der Waals surface area contributed by atoms with Gasteiger partial charge in [0.2, 0.25) is 0 Å². The van der Waals surface area contributed by atoms with E-state index in [1.807, 2.05) is 6.08 Å². The molecule has 30 heavy (non-hydrogen) atoms. The molecule has 1 heterocycles. The quantitative estimate of drug-likeness (QED) is 0.253. The lowest BCUT2D eigenvalue weighted by Crippen LogP contribution is -1.93. The van der Waals surface area contributed by atoms with E-state index >= 15 is 0 Å². The molecule has 0 saturated heterocycles. The summed E-state index contributed by atoms with van der Waals surface area (Å²) in [5.41, 5.74) is 7.03. The third-order valence-electron chi connectivity index (χ3n) is 5.42. The van der Waals surface area contributed by atoms with Crippen LogP contribution in [0.25, 0.3) is 44.7 Å². The van der Waals surface area contributed by atoms with Crippen molar-refractivity contribution >= 4 is 43.8 Å². The number of rotatable bonds is 4. The zero-order chi connectivity index (χ0) is 20.5. The molecule has 4 aromatic carbocycles. The Hall–Kier alpha value is -3.30. The maximum absolute atomic E-state index is 5.17. The number of hydrogen-bond acceptors (Lipinski definition) is 1. The van der Waals surface area contributed by atoms with E-state index in [9.17, 15) is 0 Å². The molecule has 0 fully saturated rings. The van der Waals surface area contributed by atoms with Gasteiger partial charge in [0.15, 0.2) is 0 Å². The highest BCUT2D eigenvalue weighted by atomic mass is 79.9. The summed E-state index contributed by atoms with van der Waals surface area (Å²) in [6, 6.07) is 32.1. The normalized spacial score (nSPS) is 11.5. The largest absolute Gasteiger partial charge is 0.504 e. The van der Waals surface area contributed by atoms with E-state index < -0.39 is 0 Å². The van der Waals surface area contributed by atoms with E-state index in [0.717, 1.165) is 15.6 Å². The Balaban J connectivity index is 1.79. The minimum Gasteiger partial charge on any atom is -0.504 e. The summed E-state index contributed by atoms with van der Waals surface area (Å²) in [4.78, 5) is 0. The Morgan fingerprint density at radius 1 is 0.767 bits per heavy atom. The van der Waals surface area contributed by atoms with Crippen LogP contribution < -0.4 is 0 Å². The maximum atomic E-state index is 5.17. The van der Waals surface area contributed by atoms with Crippen LogP contribution in [-0.2, 0) is 4.74 Å². The molecule has 0 atom stereocenters. The van der Waals surface area contributed by atoms with Crippen LogP contribution in [-0.4, -0.2) is 11.7 Å². The monoisotopic (exact) mass is 453 g/mol. The molecule has 0 amide bonds. The average Bonchev–Trinajstić information content (AvgIpc) is 3.12. The molecule has 146 valence electrons. The molecular formula is C27H20BrNO. The molecule has 1 aromatic heterocycles. The van der Waals surface area contributed by atoms with Crippen molar-refractivity contribution in [3.8, 4) is 16.8 Å². The SMILES string of the molecule is COC=Cc1c(Br)cccc1-c1ccc2c(c1)c1ccccc1n2-c1ccccc1. The first-order chi connectivity index (χ1) is 14.8. The van der Waals surface area contributed by atoms with E-state index in [1.165, 1.54) is 33.1 Å². The molecule has 0 radical (unpaired) electrons. The van der Waals surface area contributed by atoms with Crippen molar-refractivity contribution in [2.75, 3.05) is 7.11 Å². The van der Waals surface area contributed by atoms with Crippen LogP contribution in [0.15, 0.2) is 102 Å². The third-order valence-corrected chi connectivity index (χ3v) is 6.11. The molecule has 0 spiro atoms. The Labute approximate surface area is 184 Å². The number of ether oxygens (including phenoxy) is 1. The van der Waals surface area contributed by atoms with Crippen molar-refractivity contribution < 1.29 is 4.74 Å². The standard InChI is InChI=1S/C27H20BrNO/c1-30-17-16-22-21(11-7-12-25(22)28)19-14-15-27-24(18-19)23-10-5-6-13-26(23)29(27)20-8-3-2-4-9-20/h2-18H,1H3. The summed E-state index contributed by atoms with van der Waals surface area (Å²) >= 11 is 3.69. The van der Waals surface area contributed by atoms with Gasteiger partial charge >= 0.3 is 0 Å². The fourth-order valence-electron chi connectivity index (χ4n) is 4.09. The molecule has 3 heteroatoms. The van der Waals surface area contributed by atoms with Gasteiger partial charge in [0.05, 0.1) is 24.4 Å². The van der Waals surface area contributed by atoms with Crippen molar-refractivity contribution in [2.24, 2.45) is 0 Å². The summed E-state index contributed by atoms with van der Waals surface area (Å²) in [5, 5.41) is 2.50. The third kappa shape index (κ3) is 3.12. The Morgan fingerprint density at radius 2 is 1.53 bits per heavy atom. The van der Waals surface area contributed by atoms with Crippen molar-refractivity contribution in [1.29, 1.82) is 0 Å². The molecule has 0 saturated carbocycles. The van der Waals surface area contributed by atoms with Crippen LogP contribution in [0.5, 0.6) is 0 Å². The predicted molar refractivity (Wildman–Crippen MR) is 130 cm³/mol. The second-order valence-electron chi connectivity index (χ2n) is 7.16. The Morgan fingerprint density at radius 3 is 2.37 bits per heavy atom. The topological polar surface area (TPSA) is 14.2 Å². The second-order valence-corrected chi connectivity index (χ2v) is 8.01. The Bertz CT molecular complexity index is 1380. The van der Waals surface area contributed by atoms with Crippen LogP contribution in [0.3, 0.4) is 0 Å². The van der Waals surface area contributed by atoms with Crippen molar-refractivity contribution in [2.45, 2.75) is 0 Å². The van der Waals surface area contributed by atoms with Crippen molar-refractivity contribution in [1.82, 2.24) is 4.57 Å². The molecule has 0 N–H and O–H groups in total. The highest BCUT2D eigenvalue weighted by Crippen LogP contribution is 2.37. The first kappa shape index (κ1) is 18.7. The number of para-hydroxylation sites is 2. The number of hydrogen-bond donors (Lipinski definition) is 0. The summed E-state index contributed by atoms with van der Waals surface area (Å²) in [7, 11) is 1.66. The van der Waals surface area contributed by atoms with Crippen LogP contribution in [0.1, 0.15) is 5.56 Å². The molecule has 2 nitrogen and oxygen atoms in total. The molecule has 0 aliphatic carbocycles. The fourth-order valence-corrected chi connectivity index (χ4v) is 4.59. The van der Waals surface area contributed by atoms with Gasteiger partial charge in [0.25, 0.3) is 0 Å². The van der Waals surface area contributed by atoms with E-state index in [2.05, 4.69) is 111 Å². The summed E-state index contributed by atoms with van der Waals surface area (Å²) in [6.07, 6.45) is 3.71. The molecule has 5 aromatic rings. The highest BCUT2D eigenvalue weighted by Gasteiger charge is 2.14. The zero-order valence-corrected chi connectivity index (χ0v) is 18.1. The molecule has 0 bridgehead atoms. The second kappa shape index (κ2) is 7.85. The van der Waals surface area contributed by atoms with Gasteiger partial charge in [-0.05, 0) is 59.2 Å². The van der Waals surface area contributed by atoms with Gasteiger partial charge in [-0.3, -0.25) is 0 Å². The average molecular weight is 454 g/mol. The lowest BCUT2D eigenvalue weighted by molar-refractivity contribution is 0.341. The summed E-state index contributed by atoms with van der Waals surface area (Å²) < 4.78 is 8.54. The van der Waals surface area contributed by atoms with E-state index in [0.29, 0.717) is 0 Å². The van der Waals surface area contributed by atoms with Crippen molar-refractivity contribution in [3.05, 3.63) is 107 Å². The number of methoxy groups -OCH3 is 1. The number of halogens is 1. The van der Waals surface area contributed by atoms with Crippen LogP contribution in [0.2, 0.25) is 0 Å². The van der Waals surface area contributed by atoms with E-state index in [-0.39, 0.29) is 0 Å². The lowest BCUT2D eigenvalue weighted by Gasteiger charge is -2.10. The van der Waals surface area contributed by atoms with Gasteiger partial charge < -0.3 is 9.30 Å². The lowest BCUT2D eigenvalue weighted by atomic mass is 9.98. The smallest absolute Gasteiger partial charge is 0.0831 e. The van der Waals surface area contributed by atoms with Gasteiger partial charge in [0, 0.05) is 20.9 Å². The van der Waals surface area contributed by atoms with Gasteiger partial charge in [-0.1, -0.05) is 70.5 Å². The number of aromatic nitrogens is 1. The molecule has 0 aliphatic rings. The summed E-state index contributed by atoms with van der Waals surface area (Å²) in [6.45, 7) is 0. The zero-order valence-electron chi connectivity index (χ0n) is 16.5. The fraction of sp³-hybridized carbons (Fsp3) is 0.0370. The van der Waals surface area contributed by atoms with E-state index in [1.54, 1.807) is 13.4 Å². The molecule has 0 unspecified atom stereocenters. The van der Waals surface area contributed by atoms with E-state index in [4.69, 9.17) is 4.74 Å². The summed E-state index contributed by atoms with van der Waals surface area (Å²) in [5.74, 6) is 0. The minimum absolute atomic E-state index is 1.04. The minimum atomic E-state index is 1.04. The van der Waals surface area contributed by atoms with Crippen LogP contribution >= 0.6 is 15.9 Å². The van der Waals surface area contributed by atoms with Gasteiger partial charge in [-0.25, -0.2) is 0 Å². The van der Waals surface area contributed by atoms with Gasteiger partial charge in [-0.2, -0.15) is 0 Å². The van der Waals surface area contributed by atoms with Gasteiger partial charge in [-0.15, -0.1) is 0 Å². The number of nitrogens with zero attached hydrogens (tertiary/aromatic N) is 1. The first-order valence-electron chi connectivity index (χ1n) is 9.85. The van der Waals surface area contributed by atoms with Crippen LogP contribution in [0.4, 0.5) is 0 Å². The van der Waals surface area contributed by atoms with Crippen molar-refractivity contribution in [3.63, 3.8) is 0 Å². The predicted octanol–water partition coefficient (Wildman–Crippen LogP) is 7.83. The van der Waals surface area contributed by atoms with Gasteiger partial charge in [0.1, 0.15) is 0 Å². The number of benzene rings is 4. The first-order valence-corrected chi connectivity index (χ1v) is 10.6. The maximum Gasteiger partial charge on any atom is 0.0831 e. The molecular weight excluding hydrogens is 434 g/mol. The molecule has 5 rings (SSSR count). The highest BCUT2D eigenvalue weighted by molar-refractivity contribution is 9.10. The Kier molecular flexibility index (Phi) is 4.89. The number of fused-ring (bicyclic) bond motifs is 3. The molecule has 0 aliphatic heterocycles.